The van der Waals surface area contributed by atoms with E-state index in [1.54, 1.807) is 17.9 Å². The fourth-order valence-electron chi connectivity index (χ4n) is 4.26. The van der Waals surface area contributed by atoms with Gasteiger partial charge in [0, 0.05) is 44.3 Å². The number of benzene rings is 1. The summed E-state index contributed by atoms with van der Waals surface area (Å²) in [5, 5.41) is 4.53. The molecule has 1 saturated heterocycles. The molecular formula is C26H29N7O4. The molecule has 1 fully saturated rings. The van der Waals surface area contributed by atoms with E-state index in [9.17, 15) is 4.79 Å². The van der Waals surface area contributed by atoms with E-state index in [4.69, 9.17) is 24.9 Å². The lowest BCUT2D eigenvalue weighted by Gasteiger charge is -2.28. The van der Waals surface area contributed by atoms with E-state index in [0.29, 0.717) is 41.1 Å². The molecule has 5 rings (SSSR count). The molecule has 0 spiro atoms. The van der Waals surface area contributed by atoms with Gasteiger partial charge in [0.25, 0.3) is 11.4 Å². The largest absolute Gasteiger partial charge is 0.478 e. The maximum absolute atomic E-state index is 13.4. The van der Waals surface area contributed by atoms with Crippen molar-refractivity contribution < 1.29 is 14.2 Å². The summed E-state index contributed by atoms with van der Waals surface area (Å²) in [6.45, 7) is 4.00. The highest BCUT2D eigenvalue weighted by molar-refractivity contribution is 5.95. The first-order valence-corrected chi connectivity index (χ1v) is 12.0. The van der Waals surface area contributed by atoms with Crippen LogP contribution in [0.3, 0.4) is 0 Å². The zero-order chi connectivity index (χ0) is 25.8. The summed E-state index contributed by atoms with van der Waals surface area (Å²) in [6, 6.07) is 11.7. The van der Waals surface area contributed by atoms with Crippen molar-refractivity contribution in [2.45, 2.75) is 6.54 Å². The Morgan fingerprint density at radius 1 is 1.08 bits per heavy atom. The lowest BCUT2D eigenvalue weighted by Crippen LogP contribution is -2.36. The third kappa shape index (κ3) is 5.18. The first kappa shape index (κ1) is 24.5. The molecule has 11 nitrogen and oxygen atoms in total. The Balaban J connectivity index is 1.57. The van der Waals surface area contributed by atoms with Crippen LogP contribution in [0.15, 0.2) is 53.6 Å². The van der Waals surface area contributed by atoms with Crippen molar-refractivity contribution in [2.24, 2.45) is 0 Å². The van der Waals surface area contributed by atoms with Crippen molar-refractivity contribution in [3.8, 4) is 17.3 Å². The molecule has 0 bridgehead atoms. The number of hydrogen-bond acceptors (Lipinski definition) is 10. The first-order chi connectivity index (χ1) is 18.1. The maximum Gasteiger partial charge on any atom is 0.262 e. The van der Waals surface area contributed by atoms with Crippen LogP contribution in [0.4, 0.5) is 23.0 Å². The number of methoxy groups -OCH3 is 2. The van der Waals surface area contributed by atoms with Gasteiger partial charge in [0.1, 0.15) is 11.5 Å². The molecule has 1 aliphatic rings. The molecule has 4 heterocycles. The predicted molar refractivity (Wildman–Crippen MR) is 143 cm³/mol. The number of rotatable bonds is 8. The molecule has 0 aliphatic carbocycles. The number of fused-ring (bicyclic) bond motifs is 1. The topological polar surface area (TPSA) is 130 Å². The van der Waals surface area contributed by atoms with Crippen LogP contribution in [0.25, 0.3) is 22.2 Å². The minimum Gasteiger partial charge on any atom is -0.478 e. The second-order valence-electron chi connectivity index (χ2n) is 8.55. The van der Waals surface area contributed by atoms with Gasteiger partial charge in [-0.1, -0.05) is 0 Å². The van der Waals surface area contributed by atoms with E-state index in [1.807, 2.05) is 36.4 Å². The van der Waals surface area contributed by atoms with Gasteiger partial charge in [0.15, 0.2) is 5.82 Å². The Morgan fingerprint density at radius 2 is 1.86 bits per heavy atom. The highest BCUT2D eigenvalue weighted by Gasteiger charge is 2.16. The highest BCUT2D eigenvalue weighted by Crippen LogP contribution is 2.29. The number of nitrogens with one attached hydrogen (secondary N) is 1. The predicted octanol–water partition coefficient (Wildman–Crippen LogP) is 2.67. The number of morpholine rings is 1. The lowest BCUT2D eigenvalue weighted by molar-refractivity contribution is 0.122. The second-order valence-corrected chi connectivity index (χ2v) is 8.55. The molecule has 0 saturated carbocycles. The summed E-state index contributed by atoms with van der Waals surface area (Å²) in [7, 11) is 3.09. The van der Waals surface area contributed by atoms with Crippen molar-refractivity contribution >= 4 is 33.8 Å². The SMILES string of the molecule is COCCn1ccc2cc(-c3cnc(N)c(OC)n3)nc(Nc3ccc(N4CCOCC4)cc3)c2c1=O. The van der Waals surface area contributed by atoms with Crippen LogP contribution in [0.5, 0.6) is 5.88 Å². The Hall–Kier alpha value is -4.22. The Morgan fingerprint density at radius 3 is 2.59 bits per heavy atom. The number of pyridine rings is 2. The van der Waals surface area contributed by atoms with Gasteiger partial charge in [0.2, 0.25) is 0 Å². The van der Waals surface area contributed by atoms with Gasteiger partial charge < -0.3 is 34.7 Å². The van der Waals surface area contributed by atoms with Crippen LogP contribution in [-0.2, 0) is 16.0 Å². The van der Waals surface area contributed by atoms with Crippen LogP contribution in [0.1, 0.15) is 0 Å². The Labute approximate surface area is 213 Å². The molecule has 1 aliphatic heterocycles. The van der Waals surface area contributed by atoms with E-state index < -0.39 is 0 Å². The smallest absolute Gasteiger partial charge is 0.262 e. The molecule has 192 valence electrons. The molecule has 37 heavy (non-hydrogen) atoms. The van der Waals surface area contributed by atoms with Crippen LogP contribution in [0, 0.1) is 0 Å². The summed E-state index contributed by atoms with van der Waals surface area (Å²) in [4.78, 5) is 29.1. The van der Waals surface area contributed by atoms with Crippen molar-refractivity contribution in [1.82, 2.24) is 19.5 Å². The summed E-state index contributed by atoms with van der Waals surface area (Å²) in [5.41, 5.74) is 8.60. The molecule has 0 unspecified atom stereocenters. The Kier molecular flexibility index (Phi) is 7.15. The van der Waals surface area contributed by atoms with E-state index >= 15 is 0 Å². The average Bonchev–Trinajstić information content (AvgIpc) is 2.93. The van der Waals surface area contributed by atoms with Crippen molar-refractivity contribution in [1.29, 1.82) is 0 Å². The van der Waals surface area contributed by atoms with Crippen molar-refractivity contribution in [3.05, 3.63) is 59.1 Å². The van der Waals surface area contributed by atoms with Gasteiger partial charge in [-0.3, -0.25) is 4.79 Å². The molecular weight excluding hydrogens is 474 g/mol. The molecule has 3 aromatic heterocycles. The van der Waals surface area contributed by atoms with E-state index in [1.165, 1.54) is 13.3 Å². The molecule has 0 amide bonds. The average molecular weight is 504 g/mol. The molecule has 3 N–H and O–H groups in total. The van der Waals surface area contributed by atoms with Gasteiger partial charge in [0.05, 0.1) is 44.2 Å². The fraction of sp³-hybridized carbons (Fsp3) is 0.308. The molecule has 1 aromatic carbocycles. The molecule has 11 heteroatoms. The van der Waals surface area contributed by atoms with E-state index in [0.717, 1.165) is 37.7 Å². The summed E-state index contributed by atoms with van der Waals surface area (Å²) < 4.78 is 17.5. The van der Waals surface area contributed by atoms with Crippen molar-refractivity contribution in [3.63, 3.8) is 0 Å². The summed E-state index contributed by atoms with van der Waals surface area (Å²) >= 11 is 0. The minimum atomic E-state index is -0.165. The maximum atomic E-state index is 13.4. The monoisotopic (exact) mass is 503 g/mol. The van der Waals surface area contributed by atoms with Gasteiger partial charge in [-0.2, -0.15) is 0 Å². The third-order valence-corrected chi connectivity index (χ3v) is 6.22. The van der Waals surface area contributed by atoms with E-state index in [-0.39, 0.29) is 17.3 Å². The molecule has 0 atom stereocenters. The van der Waals surface area contributed by atoms with Crippen LogP contribution >= 0.6 is 0 Å². The second kappa shape index (κ2) is 10.8. The van der Waals surface area contributed by atoms with Crippen LogP contribution in [-0.4, -0.2) is 66.6 Å². The Bertz CT molecular complexity index is 1450. The first-order valence-electron chi connectivity index (χ1n) is 12.0. The van der Waals surface area contributed by atoms with Crippen LogP contribution in [0.2, 0.25) is 0 Å². The summed E-state index contributed by atoms with van der Waals surface area (Å²) in [6.07, 6.45) is 3.29. The standard InChI is InChI=1S/C26H29N7O4/c1-35-12-9-33-8-7-17-15-20(21-16-28-23(27)25(31-21)36-2)30-24(22(17)26(33)34)29-18-3-5-19(6-4-18)32-10-13-37-14-11-32/h3-8,15-16H,9-14H2,1-2H3,(H2,27,28)(H,29,30). The van der Waals surface area contributed by atoms with Crippen molar-refractivity contribution in [2.75, 3.05) is 63.1 Å². The zero-order valence-electron chi connectivity index (χ0n) is 20.8. The quantitative estimate of drug-likeness (QED) is 0.370. The number of aromatic nitrogens is 4. The molecule has 4 aromatic rings. The normalized spacial score (nSPS) is 13.6. The van der Waals surface area contributed by atoms with Gasteiger partial charge in [-0.25, -0.2) is 15.0 Å². The van der Waals surface area contributed by atoms with Crippen LogP contribution < -0.4 is 26.2 Å². The lowest BCUT2D eigenvalue weighted by atomic mass is 10.1. The minimum absolute atomic E-state index is 0.165. The van der Waals surface area contributed by atoms with Gasteiger partial charge in [-0.15, -0.1) is 0 Å². The fourth-order valence-corrected chi connectivity index (χ4v) is 4.26. The van der Waals surface area contributed by atoms with Gasteiger partial charge in [-0.05, 0) is 41.8 Å². The number of nitrogens with zero attached hydrogens (tertiary/aromatic N) is 5. The summed E-state index contributed by atoms with van der Waals surface area (Å²) in [5.74, 6) is 0.815. The number of nitrogen functional groups attached to an aromatic ring is 1. The zero-order valence-corrected chi connectivity index (χ0v) is 20.8. The van der Waals surface area contributed by atoms with Gasteiger partial charge >= 0.3 is 0 Å². The third-order valence-electron chi connectivity index (χ3n) is 6.22. The number of nitrogens with two attached hydrogens (primary N) is 1. The number of hydrogen-bond donors (Lipinski definition) is 2. The highest BCUT2D eigenvalue weighted by atomic mass is 16.5. The number of ether oxygens (including phenoxy) is 3. The number of anilines is 4. The molecule has 0 radical (unpaired) electrons. The van der Waals surface area contributed by atoms with E-state index in [2.05, 4.69) is 20.2 Å².